The number of para-hydroxylation sites is 1. The van der Waals surface area contributed by atoms with Gasteiger partial charge >= 0.3 is 0 Å². The molecule has 0 aliphatic carbocycles. The highest BCUT2D eigenvalue weighted by molar-refractivity contribution is 7.98. The predicted octanol–water partition coefficient (Wildman–Crippen LogP) is 5.46. The van der Waals surface area contributed by atoms with Crippen LogP contribution in [0.4, 0.5) is 5.13 Å². The minimum atomic E-state index is 0.00135. The maximum absolute atomic E-state index is 13.6. The van der Waals surface area contributed by atoms with Gasteiger partial charge in [0.2, 0.25) is 0 Å². The molecule has 4 rings (SSSR count). The van der Waals surface area contributed by atoms with Gasteiger partial charge in [0.1, 0.15) is 0 Å². The van der Waals surface area contributed by atoms with Crippen LogP contribution < -0.4 is 4.90 Å². The highest BCUT2D eigenvalue weighted by Gasteiger charge is 2.28. The van der Waals surface area contributed by atoms with Crippen molar-refractivity contribution < 1.29 is 9.53 Å². The number of nitrogens with zero attached hydrogens (tertiary/aromatic N) is 2. The zero-order valence-corrected chi connectivity index (χ0v) is 18.0. The molecule has 28 heavy (non-hydrogen) atoms. The second-order valence-electron chi connectivity index (χ2n) is 7.17. The lowest BCUT2D eigenvalue weighted by atomic mass is 10.0. The summed E-state index contributed by atoms with van der Waals surface area (Å²) in [5, 5.41) is 0.748. The zero-order chi connectivity index (χ0) is 19.7. The van der Waals surface area contributed by atoms with Crippen LogP contribution in [0.5, 0.6) is 0 Å². The molecule has 2 aromatic carbocycles. The van der Waals surface area contributed by atoms with Crippen molar-refractivity contribution >= 4 is 44.4 Å². The largest absolute Gasteiger partial charge is 0.376 e. The van der Waals surface area contributed by atoms with Crippen LogP contribution in [0.1, 0.15) is 34.3 Å². The minimum absolute atomic E-state index is 0.00135. The Balaban J connectivity index is 1.77. The van der Waals surface area contributed by atoms with Gasteiger partial charge in [-0.15, -0.1) is 11.8 Å². The van der Waals surface area contributed by atoms with Crippen LogP contribution in [0.3, 0.4) is 0 Å². The summed E-state index contributed by atoms with van der Waals surface area (Å²) in [6.07, 6.45) is 4.16. The number of carbonyl (C=O) groups excluding carboxylic acids is 1. The molecule has 6 heteroatoms. The Morgan fingerprint density at radius 2 is 2.18 bits per heavy atom. The summed E-state index contributed by atoms with van der Waals surface area (Å²) in [6, 6.07) is 12.2. The summed E-state index contributed by atoms with van der Waals surface area (Å²) in [7, 11) is 0. The molecular formula is C22H24N2O2S2. The van der Waals surface area contributed by atoms with Gasteiger partial charge in [-0.2, -0.15) is 0 Å². The second kappa shape index (κ2) is 8.23. The third kappa shape index (κ3) is 3.81. The second-order valence-corrected chi connectivity index (χ2v) is 9.03. The van der Waals surface area contributed by atoms with E-state index in [9.17, 15) is 4.79 Å². The Kier molecular flexibility index (Phi) is 5.71. The van der Waals surface area contributed by atoms with Crippen LogP contribution in [0.15, 0.2) is 41.3 Å². The number of fused-ring (bicyclic) bond motifs is 1. The van der Waals surface area contributed by atoms with E-state index in [0.717, 1.165) is 56.4 Å². The van der Waals surface area contributed by atoms with Crippen LogP contribution in [0.25, 0.3) is 10.2 Å². The molecular weight excluding hydrogens is 388 g/mol. The van der Waals surface area contributed by atoms with Crippen LogP contribution >= 0.6 is 23.1 Å². The molecule has 1 saturated heterocycles. The molecule has 146 valence electrons. The molecule has 0 bridgehead atoms. The number of aryl methyl sites for hydroxylation is 2. The van der Waals surface area contributed by atoms with E-state index in [1.54, 1.807) is 23.1 Å². The van der Waals surface area contributed by atoms with Gasteiger partial charge in [0.05, 0.1) is 22.9 Å². The Hall–Kier alpha value is -1.89. The van der Waals surface area contributed by atoms with Crippen LogP contribution in [-0.4, -0.2) is 36.4 Å². The molecule has 0 unspecified atom stereocenters. The van der Waals surface area contributed by atoms with Gasteiger partial charge in [0.25, 0.3) is 5.91 Å². The Labute approximate surface area is 173 Å². The normalized spacial score (nSPS) is 16.6. The van der Waals surface area contributed by atoms with Gasteiger partial charge in [-0.3, -0.25) is 9.69 Å². The summed E-state index contributed by atoms with van der Waals surface area (Å²) in [6.45, 7) is 5.32. The van der Waals surface area contributed by atoms with E-state index in [0.29, 0.717) is 6.54 Å². The Morgan fingerprint density at radius 1 is 1.32 bits per heavy atom. The number of aromatic nitrogens is 1. The third-order valence-corrected chi connectivity index (χ3v) is 6.91. The quantitative estimate of drug-likeness (QED) is 0.522. The predicted molar refractivity (Wildman–Crippen MR) is 118 cm³/mol. The van der Waals surface area contributed by atoms with Crippen molar-refractivity contribution in [3.05, 3.63) is 53.1 Å². The summed E-state index contributed by atoms with van der Waals surface area (Å²) < 4.78 is 6.95. The maximum Gasteiger partial charge on any atom is 0.260 e. The first-order valence-electron chi connectivity index (χ1n) is 9.51. The van der Waals surface area contributed by atoms with Crippen LogP contribution in [0, 0.1) is 13.8 Å². The van der Waals surface area contributed by atoms with Crippen LogP contribution in [0.2, 0.25) is 0 Å². The van der Waals surface area contributed by atoms with E-state index in [4.69, 9.17) is 9.72 Å². The number of anilines is 1. The maximum atomic E-state index is 13.6. The molecule has 2 heterocycles. The van der Waals surface area contributed by atoms with Crippen molar-refractivity contribution in [3.8, 4) is 0 Å². The fourth-order valence-corrected chi connectivity index (χ4v) is 5.17. The molecule has 1 aliphatic heterocycles. The number of hydrogen-bond acceptors (Lipinski definition) is 5. The van der Waals surface area contributed by atoms with Gasteiger partial charge in [0, 0.05) is 17.1 Å². The van der Waals surface area contributed by atoms with Gasteiger partial charge in [-0.05, 0) is 56.7 Å². The Morgan fingerprint density at radius 3 is 2.93 bits per heavy atom. The topological polar surface area (TPSA) is 42.4 Å². The standard InChI is InChI=1S/C22H24N2O2S2/c1-14-9-10-15(2)17(12-14)21(25)24(13-16-6-5-11-26-16)22-23-20-18(27-3)7-4-8-19(20)28-22/h4,7-10,12,16H,5-6,11,13H2,1-3H3/t16-/m1/s1. The highest BCUT2D eigenvalue weighted by Crippen LogP contribution is 2.35. The van der Waals surface area contributed by atoms with Crippen molar-refractivity contribution in [2.75, 3.05) is 24.3 Å². The number of ether oxygens (including phenoxy) is 1. The molecule has 3 aromatic rings. The van der Waals surface area contributed by atoms with E-state index < -0.39 is 0 Å². The summed E-state index contributed by atoms with van der Waals surface area (Å²) in [5.41, 5.74) is 3.78. The molecule has 1 aromatic heterocycles. The van der Waals surface area contributed by atoms with Crippen molar-refractivity contribution in [1.82, 2.24) is 4.98 Å². The SMILES string of the molecule is CSc1cccc2sc(N(C[C@H]3CCCO3)C(=O)c3cc(C)ccc3C)nc12. The van der Waals surface area contributed by atoms with Gasteiger partial charge < -0.3 is 4.74 Å². The monoisotopic (exact) mass is 412 g/mol. The number of benzene rings is 2. The van der Waals surface area contributed by atoms with E-state index in [1.807, 2.05) is 43.0 Å². The molecule has 1 aliphatic rings. The van der Waals surface area contributed by atoms with Gasteiger partial charge in [0.15, 0.2) is 5.13 Å². The van der Waals surface area contributed by atoms with E-state index in [1.165, 1.54) is 0 Å². The molecule has 0 saturated carbocycles. The molecule has 1 amide bonds. The van der Waals surface area contributed by atoms with Crippen molar-refractivity contribution in [2.45, 2.75) is 37.7 Å². The number of amides is 1. The Bertz CT molecular complexity index is 1010. The van der Waals surface area contributed by atoms with Crippen molar-refractivity contribution in [2.24, 2.45) is 0 Å². The molecule has 1 atom stereocenters. The number of hydrogen-bond donors (Lipinski definition) is 0. The van der Waals surface area contributed by atoms with E-state index in [2.05, 4.69) is 18.4 Å². The molecule has 1 fully saturated rings. The lowest BCUT2D eigenvalue weighted by molar-refractivity contribution is 0.0917. The average molecular weight is 413 g/mol. The number of carbonyl (C=O) groups is 1. The highest BCUT2D eigenvalue weighted by atomic mass is 32.2. The number of rotatable bonds is 5. The van der Waals surface area contributed by atoms with Crippen LogP contribution in [-0.2, 0) is 4.74 Å². The van der Waals surface area contributed by atoms with Gasteiger partial charge in [-0.25, -0.2) is 4.98 Å². The lowest BCUT2D eigenvalue weighted by Gasteiger charge is -2.24. The van der Waals surface area contributed by atoms with E-state index in [-0.39, 0.29) is 12.0 Å². The van der Waals surface area contributed by atoms with Crippen molar-refractivity contribution in [3.63, 3.8) is 0 Å². The number of thioether (sulfide) groups is 1. The first kappa shape index (κ1) is 19.4. The number of thiazole rings is 1. The summed E-state index contributed by atoms with van der Waals surface area (Å²) in [4.78, 5) is 21.4. The van der Waals surface area contributed by atoms with E-state index >= 15 is 0 Å². The first-order valence-corrected chi connectivity index (χ1v) is 11.5. The molecule has 0 radical (unpaired) electrons. The minimum Gasteiger partial charge on any atom is -0.376 e. The molecule has 4 nitrogen and oxygen atoms in total. The summed E-state index contributed by atoms with van der Waals surface area (Å²) in [5.74, 6) is 0.00135. The lowest BCUT2D eigenvalue weighted by Crippen LogP contribution is -2.37. The fourth-order valence-electron chi connectivity index (χ4n) is 3.54. The van der Waals surface area contributed by atoms with Gasteiger partial charge in [-0.1, -0.05) is 35.1 Å². The van der Waals surface area contributed by atoms with Crippen molar-refractivity contribution in [1.29, 1.82) is 0 Å². The molecule has 0 N–H and O–H groups in total. The first-order chi connectivity index (χ1) is 13.6. The smallest absolute Gasteiger partial charge is 0.260 e. The third-order valence-electron chi connectivity index (χ3n) is 5.10. The summed E-state index contributed by atoms with van der Waals surface area (Å²) >= 11 is 3.26. The average Bonchev–Trinajstić information content (AvgIpc) is 3.36. The fraction of sp³-hybridized carbons (Fsp3) is 0.364. The molecule has 0 spiro atoms. The zero-order valence-electron chi connectivity index (χ0n) is 16.4.